The van der Waals surface area contributed by atoms with E-state index in [2.05, 4.69) is 5.32 Å². The van der Waals surface area contributed by atoms with E-state index in [4.69, 9.17) is 11.6 Å². The number of amides is 1. The van der Waals surface area contributed by atoms with Crippen LogP contribution in [0, 0.1) is 10.1 Å². The second-order valence-electron chi connectivity index (χ2n) is 6.21. The van der Waals surface area contributed by atoms with Crippen LogP contribution in [0.1, 0.15) is 10.4 Å². The van der Waals surface area contributed by atoms with Gasteiger partial charge in [0.15, 0.2) is 0 Å². The fourth-order valence-corrected chi connectivity index (χ4v) is 4.11. The molecule has 1 amide bonds. The summed E-state index contributed by atoms with van der Waals surface area (Å²) in [7, 11) is -2.45. The van der Waals surface area contributed by atoms with Gasteiger partial charge in [-0.15, -0.1) is 0 Å². The van der Waals surface area contributed by atoms with Gasteiger partial charge in [-0.2, -0.15) is 0 Å². The van der Waals surface area contributed by atoms with E-state index in [1.54, 1.807) is 30.3 Å². The van der Waals surface area contributed by atoms with Crippen LogP contribution in [0.5, 0.6) is 0 Å². The maximum Gasteiger partial charge on any atom is 0.270 e. The van der Waals surface area contributed by atoms with Gasteiger partial charge in [-0.25, -0.2) is 8.42 Å². The molecule has 0 aliphatic carbocycles. The topological polar surface area (TPSA) is 110 Å². The van der Waals surface area contributed by atoms with Crippen LogP contribution in [-0.4, -0.2) is 26.3 Å². The zero-order valence-electron chi connectivity index (χ0n) is 15.7. The highest BCUT2D eigenvalue weighted by Gasteiger charge is 2.22. The molecule has 0 heterocycles. The molecule has 0 spiro atoms. The van der Waals surface area contributed by atoms with Crippen molar-refractivity contribution in [2.45, 2.75) is 4.90 Å². The lowest BCUT2D eigenvalue weighted by molar-refractivity contribution is -0.384. The van der Waals surface area contributed by atoms with Gasteiger partial charge in [-0.3, -0.25) is 19.2 Å². The summed E-state index contributed by atoms with van der Waals surface area (Å²) in [5.41, 5.74) is 0.298. The normalized spacial score (nSPS) is 11.0. The van der Waals surface area contributed by atoms with Crippen molar-refractivity contribution in [1.29, 1.82) is 0 Å². The molecular weight excluding hydrogens is 430 g/mol. The van der Waals surface area contributed by atoms with E-state index < -0.39 is 20.9 Å². The lowest BCUT2D eigenvalue weighted by Gasteiger charge is -2.20. The number of nitro benzene ring substituents is 1. The van der Waals surface area contributed by atoms with Crippen molar-refractivity contribution in [3.8, 4) is 0 Å². The van der Waals surface area contributed by atoms with E-state index in [0.29, 0.717) is 5.69 Å². The van der Waals surface area contributed by atoms with Crippen molar-refractivity contribution in [3.63, 3.8) is 0 Å². The number of nitrogens with one attached hydrogen (secondary N) is 1. The molecule has 0 atom stereocenters. The number of nitro groups is 1. The number of hydrogen-bond donors (Lipinski definition) is 1. The molecule has 30 heavy (non-hydrogen) atoms. The minimum absolute atomic E-state index is 0.0307. The van der Waals surface area contributed by atoms with Crippen molar-refractivity contribution >= 4 is 44.6 Å². The molecule has 0 aliphatic heterocycles. The third kappa shape index (κ3) is 4.42. The molecule has 154 valence electrons. The van der Waals surface area contributed by atoms with E-state index in [-0.39, 0.29) is 26.9 Å². The Morgan fingerprint density at radius 1 is 1.03 bits per heavy atom. The number of para-hydroxylation sites is 1. The number of rotatable bonds is 6. The lowest BCUT2D eigenvalue weighted by atomic mass is 10.2. The fraction of sp³-hybridized carbons (Fsp3) is 0.0500. The number of hydrogen-bond acceptors (Lipinski definition) is 5. The first-order valence-electron chi connectivity index (χ1n) is 8.59. The molecule has 0 aliphatic rings. The molecule has 3 rings (SSSR count). The molecule has 1 N–H and O–H groups in total. The molecular formula is C20H16ClN3O5S. The quantitative estimate of drug-likeness (QED) is 0.448. The summed E-state index contributed by atoms with van der Waals surface area (Å²) in [6.07, 6.45) is 0. The Bertz CT molecular complexity index is 1220. The number of carbonyl (C=O) groups excluding carboxylic acids is 1. The van der Waals surface area contributed by atoms with Gasteiger partial charge in [0, 0.05) is 24.9 Å². The number of non-ortho nitro benzene ring substituents is 1. The monoisotopic (exact) mass is 445 g/mol. The highest BCUT2D eigenvalue weighted by atomic mass is 35.5. The Balaban J connectivity index is 1.88. The summed E-state index contributed by atoms with van der Waals surface area (Å²) in [4.78, 5) is 22.8. The molecule has 3 aromatic rings. The molecule has 0 unspecified atom stereocenters. The van der Waals surface area contributed by atoms with Crippen LogP contribution in [0.25, 0.3) is 0 Å². The lowest BCUT2D eigenvalue weighted by Crippen LogP contribution is -2.26. The smallest absolute Gasteiger partial charge is 0.270 e. The van der Waals surface area contributed by atoms with Gasteiger partial charge in [0.1, 0.15) is 0 Å². The maximum absolute atomic E-state index is 12.9. The number of sulfonamides is 1. The van der Waals surface area contributed by atoms with E-state index in [9.17, 15) is 23.3 Å². The van der Waals surface area contributed by atoms with Crippen LogP contribution >= 0.6 is 11.6 Å². The summed E-state index contributed by atoms with van der Waals surface area (Å²) >= 11 is 5.99. The second-order valence-corrected chi connectivity index (χ2v) is 8.59. The van der Waals surface area contributed by atoms with Gasteiger partial charge in [0.2, 0.25) is 0 Å². The first-order valence-corrected chi connectivity index (χ1v) is 10.4. The Hall–Kier alpha value is -3.43. The largest absolute Gasteiger partial charge is 0.322 e. The van der Waals surface area contributed by atoms with Crippen molar-refractivity contribution in [1.82, 2.24) is 0 Å². The van der Waals surface area contributed by atoms with Gasteiger partial charge >= 0.3 is 0 Å². The number of carbonyl (C=O) groups is 1. The van der Waals surface area contributed by atoms with Gasteiger partial charge in [0.05, 0.1) is 26.1 Å². The van der Waals surface area contributed by atoms with Gasteiger partial charge in [-0.05, 0) is 36.4 Å². The van der Waals surface area contributed by atoms with Gasteiger partial charge < -0.3 is 5.32 Å². The highest BCUT2D eigenvalue weighted by Crippen LogP contribution is 2.26. The van der Waals surface area contributed by atoms with E-state index >= 15 is 0 Å². The van der Waals surface area contributed by atoms with Crippen LogP contribution in [0.2, 0.25) is 5.02 Å². The minimum Gasteiger partial charge on any atom is -0.322 e. The van der Waals surface area contributed by atoms with Gasteiger partial charge in [0.25, 0.3) is 21.6 Å². The molecule has 10 heteroatoms. The zero-order valence-corrected chi connectivity index (χ0v) is 17.2. The predicted octanol–water partition coefficient (Wildman–Crippen LogP) is 4.33. The molecule has 0 bridgehead atoms. The molecule has 0 radical (unpaired) electrons. The van der Waals surface area contributed by atoms with Crippen LogP contribution in [0.15, 0.2) is 77.7 Å². The predicted molar refractivity (Wildman–Crippen MR) is 115 cm³/mol. The highest BCUT2D eigenvalue weighted by molar-refractivity contribution is 7.92. The van der Waals surface area contributed by atoms with Gasteiger partial charge in [-0.1, -0.05) is 35.9 Å². The SMILES string of the molecule is CN(c1ccccc1)S(=O)(=O)c1cccc(NC(=O)c2cc([N+](=O)[O-])ccc2Cl)c1. The Morgan fingerprint density at radius 3 is 2.40 bits per heavy atom. The summed E-state index contributed by atoms with van der Waals surface area (Å²) < 4.78 is 27.0. The van der Waals surface area contributed by atoms with Crippen molar-refractivity contribution in [2.24, 2.45) is 0 Å². The Labute approximate surface area is 177 Å². The summed E-state index contributed by atoms with van der Waals surface area (Å²) in [6.45, 7) is 0. The van der Waals surface area contributed by atoms with E-state index in [1.165, 1.54) is 43.4 Å². The number of nitrogens with zero attached hydrogens (tertiary/aromatic N) is 2. The van der Waals surface area contributed by atoms with Crippen molar-refractivity contribution in [3.05, 3.63) is 93.5 Å². The average molecular weight is 446 g/mol. The molecule has 0 fully saturated rings. The van der Waals surface area contributed by atoms with E-state index in [0.717, 1.165) is 10.4 Å². The summed E-state index contributed by atoms with van der Waals surface area (Å²) in [5, 5.41) is 13.5. The summed E-state index contributed by atoms with van der Waals surface area (Å²) in [6, 6.07) is 17.7. The minimum atomic E-state index is -3.87. The van der Waals surface area contributed by atoms with Crippen LogP contribution in [0.4, 0.5) is 17.1 Å². The maximum atomic E-state index is 12.9. The number of anilines is 2. The van der Waals surface area contributed by atoms with Crippen LogP contribution in [-0.2, 0) is 10.0 Å². The Morgan fingerprint density at radius 2 is 1.73 bits per heavy atom. The van der Waals surface area contributed by atoms with Crippen molar-refractivity contribution < 1.29 is 18.1 Å². The molecule has 0 aromatic heterocycles. The third-order valence-corrected chi connectivity index (χ3v) is 6.39. The van der Waals surface area contributed by atoms with Crippen LogP contribution in [0.3, 0.4) is 0 Å². The fourth-order valence-electron chi connectivity index (χ4n) is 2.67. The van der Waals surface area contributed by atoms with E-state index in [1.807, 2.05) is 0 Å². The van der Waals surface area contributed by atoms with Crippen molar-refractivity contribution in [2.75, 3.05) is 16.7 Å². The third-order valence-electron chi connectivity index (χ3n) is 4.28. The Kier molecular flexibility index (Phi) is 6.04. The second kappa shape index (κ2) is 8.52. The number of halogens is 1. The van der Waals surface area contributed by atoms with Crippen LogP contribution < -0.4 is 9.62 Å². The molecule has 3 aromatic carbocycles. The average Bonchev–Trinajstić information content (AvgIpc) is 2.74. The molecule has 0 saturated carbocycles. The number of benzene rings is 3. The first-order chi connectivity index (χ1) is 14.2. The first kappa shape index (κ1) is 21.3. The zero-order chi connectivity index (χ0) is 21.9. The molecule has 0 saturated heterocycles. The molecule has 8 nitrogen and oxygen atoms in total. The summed E-state index contributed by atoms with van der Waals surface area (Å²) in [5.74, 6) is -0.699. The standard InChI is InChI=1S/C20H16ClN3O5S/c1-23(15-7-3-2-4-8-15)30(28,29)17-9-5-6-14(12-17)22-20(25)18-13-16(24(26)27)10-11-19(18)21/h2-13H,1H3,(H,22,25).